The molecule has 1 saturated carbocycles. The Bertz CT molecular complexity index is 701. The highest BCUT2D eigenvalue weighted by Gasteiger charge is 2.66. The molecule has 6 nitrogen and oxygen atoms in total. The van der Waals surface area contributed by atoms with E-state index in [0.717, 1.165) is 12.0 Å². The fourth-order valence-corrected chi connectivity index (χ4v) is 4.14. The van der Waals surface area contributed by atoms with Gasteiger partial charge in [-0.05, 0) is 24.5 Å². The largest absolute Gasteiger partial charge is 0.479 e. The Labute approximate surface area is 153 Å². The summed E-state index contributed by atoms with van der Waals surface area (Å²) in [7, 11) is 0. The zero-order chi connectivity index (χ0) is 18.9. The summed E-state index contributed by atoms with van der Waals surface area (Å²) in [6.45, 7) is 6.63. The van der Waals surface area contributed by atoms with Crippen LogP contribution in [0.4, 0.5) is 0 Å². The van der Waals surface area contributed by atoms with Gasteiger partial charge in [-0.1, -0.05) is 38.1 Å². The second-order valence-corrected chi connectivity index (χ2v) is 7.64. The number of carbonyl (C=O) groups is 2. The Morgan fingerprint density at radius 2 is 2.08 bits per heavy atom. The molecule has 1 aliphatic carbocycles. The summed E-state index contributed by atoms with van der Waals surface area (Å²) < 4.78 is 11.4. The molecule has 6 heteroatoms. The number of nitrogens with one attached hydrogen (secondary N) is 1. The SMILES string of the molecule is CCOC1CC(NC(=O)CC2OCCc3ccccc32)(C(=O)O)C1(C)C. The van der Waals surface area contributed by atoms with E-state index in [9.17, 15) is 14.7 Å². The van der Waals surface area contributed by atoms with Gasteiger partial charge in [-0.2, -0.15) is 0 Å². The molecule has 1 aromatic carbocycles. The van der Waals surface area contributed by atoms with Gasteiger partial charge in [0.2, 0.25) is 5.91 Å². The monoisotopic (exact) mass is 361 g/mol. The van der Waals surface area contributed by atoms with Crippen LogP contribution < -0.4 is 5.32 Å². The number of aliphatic carboxylic acids is 1. The summed E-state index contributed by atoms with van der Waals surface area (Å²) >= 11 is 0. The molecule has 1 aromatic rings. The second kappa shape index (κ2) is 7.00. The van der Waals surface area contributed by atoms with Crippen LogP contribution in [-0.2, 0) is 25.5 Å². The van der Waals surface area contributed by atoms with Gasteiger partial charge in [-0.3, -0.25) is 4.79 Å². The van der Waals surface area contributed by atoms with Crippen LogP contribution in [0.3, 0.4) is 0 Å². The van der Waals surface area contributed by atoms with Crippen LogP contribution in [0.2, 0.25) is 0 Å². The maximum atomic E-state index is 12.7. The molecule has 0 saturated heterocycles. The van der Waals surface area contributed by atoms with Crippen molar-refractivity contribution in [2.24, 2.45) is 5.41 Å². The average molecular weight is 361 g/mol. The van der Waals surface area contributed by atoms with Crippen LogP contribution in [-0.4, -0.2) is 41.8 Å². The van der Waals surface area contributed by atoms with E-state index in [2.05, 4.69) is 5.32 Å². The number of carboxylic acid groups (broad SMARTS) is 1. The minimum Gasteiger partial charge on any atom is -0.479 e. The topological polar surface area (TPSA) is 84.9 Å². The lowest BCUT2D eigenvalue weighted by Gasteiger charge is -2.58. The lowest BCUT2D eigenvalue weighted by atomic mass is 9.54. The van der Waals surface area contributed by atoms with E-state index in [1.54, 1.807) is 0 Å². The standard InChI is InChI=1S/C20H27NO5/c1-4-25-16-12-20(18(23)24,19(16,2)3)21-17(22)11-15-14-8-6-5-7-13(14)9-10-26-15/h5-8,15-16H,4,9-12H2,1-3H3,(H,21,22)(H,23,24). The van der Waals surface area contributed by atoms with Crippen LogP contribution in [0.15, 0.2) is 24.3 Å². The summed E-state index contributed by atoms with van der Waals surface area (Å²) in [6.07, 6.45) is 0.696. The number of hydrogen-bond acceptors (Lipinski definition) is 4. The molecule has 2 aliphatic rings. The molecular weight excluding hydrogens is 334 g/mol. The summed E-state index contributed by atoms with van der Waals surface area (Å²) in [6, 6.07) is 7.92. The zero-order valence-corrected chi connectivity index (χ0v) is 15.6. The van der Waals surface area contributed by atoms with Crippen molar-refractivity contribution in [1.82, 2.24) is 5.32 Å². The summed E-state index contributed by atoms with van der Waals surface area (Å²) in [4.78, 5) is 24.7. The fraction of sp³-hybridized carbons (Fsp3) is 0.600. The smallest absolute Gasteiger partial charge is 0.330 e. The number of rotatable bonds is 6. The molecular formula is C20H27NO5. The maximum Gasteiger partial charge on any atom is 0.330 e. The number of carboxylic acids is 1. The molecule has 2 N–H and O–H groups in total. The molecule has 1 fully saturated rings. The molecule has 3 atom stereocenters. The van der Waals surface area contributed by atoms with Crippen molar-refractivity contribution in [3.63, 3.8) is 0 Å². The number of benzene rings is 1. The van der Waals surface area contributed by atoms with Crippen LogP contribution >= 0.6 is 0 Å². The number of carbonyl (C=O) groups excluding carboxylic acids is 1. The highest BCUT2D eigenvalue weighted by Crippen LogP contribution is 2.51. The molecule has 26 heavy (non-hydrogen) atoms. The zero-order valence-electron chi connectivity index (χ0n) is 15.6. The Hall–Kier alpha value is -1.92. The fourth-order valence-electron chi connectivity index (χ4n) is 4.14. The van der Waals surface area contributed by atoms with Gasteiger partial charge in [0.1, 0.15) is 5.54 Å². The van der Waals surface area contributed by atoms with Crippen LogP contribution in [0.5, 0.6) is 0 Å². The highest BCUT2D eigenvalue weighted by molar-refractivity contribution is 5.89. The normalized spacial score (nSPS) is 29.3. The first kappa shape index (κ1) is 18.9. The average Bonchev–Trinajstić information content (AvgIpc) is 2.60. The number of ether oxygens (including phenoxy) is 2. The van der Waals surface area contributed by atoms with Gasteiger partial charge in [0.15, 0.2) is 0 Å². The number of hydrogen-bond donors (Lipinski definition) is 2. The van der Waals surface area contributed by atoms with Gasteiger partial charge in [0, 0.05) is 18.4 Å². The van der Waals surface area contributed by atoms with Gasteiger partial charge >= 0.3 is 5.97 Å². The van der Waals surface area contributed by atoms with Crippen molar-refractivity contribution in [1.29, 1.82) is 0 Å². The minimum atomic E-state index is -1.31. The molecule has 142 valence electrons. The summed E-state index contributed by atoms with van der Waals surface area (Å²) in [5.41, 5.74) is 0.205. The van der Waals surface area contributed by atoms with E-state index in [1.807, 2.05) is 45.0 Å². The highest BCUT2D eigenvalue weighted by atomic mass is 16.5. The van der Waals surface area contributed by atoms with Gasteiger partial charge < -0.3 is 19.9 Å². The predicted octanol–water partition coefficient (Wildman–Crippen LogP) is 2.47. The number of amides is 1. The van der Waals surface area contributed by atoms with Crippen molar-refractivity contribution in [2.45, 2.75) is 57.8 Å². The summed E-state index contributed by atoms with van der Waals surface area (Å²) in [5.74, 6) is -1.33. The molecule has 0 spiro atoms. The van der Waals surface area contributed by atoms with E-state index in [4.69, 9.17) is 9.47 Å². The first-order chi connectivity index (χ1) is 12.3. The third-order valence-corrected chi connectivity index (χ3v) is 5.95. The molecule has 1 heterocycles. The van der Waals surface area contributed by atoms with E-state index < -0.39 is 16.9 Å². The van der Waals surface area contributed by atoms with Crippen molar-refractivity contribution < 1.29 is 24.2 Å². The molecule has 1 amide bonds. The second-order valence-electron chi connectivity index (χ2n) is 7.64. The van der Waals surface area contributed by atoms with Gasteiger partial charge in [0.25, 0.3) is 0 Å². The molecule has 1 aliphatic heterocycles. The first-order valence-electron chi connectivity index (χ1n) is 9.17. The Morgan fingerprint density at radius 3 is 2.73 bits per heavy atom. The Kier molecular flexibility index (Phi) is 5.08. The third kappa shape index (κ3) is 3.01. The molecule has 3 unspecified atom stereocenters. The van der Waals surface area contributed by atoms with Crippen molar-refractivity contribution in [3.8, 4) is 0 Å². The lowest BCUT2D eigenvalue weighted by Crippen LogP contribution is -2.76. The van der Waals surface area contributed by atoms with E-state index >= 15 is 0 Å². The summed E-state index contributed by atoms with van der Waals surface area (Å²) in [5, 5.41) is 12.6. The van der Waals surface area contributed by atoms with Gasteiger partial charge in [-0.15, -0.1) is 0 Å². The van der Waals surface area contributed by atoms with Crippen LogP contribution in [0, 0.1) is 5.41 Å². The van der Waals surface area contributed by atoms with Crippen LogP contribution in [0.25, 0.3) is 0 Å². The minimum absolute atomic E-state index is 0.113. The molecule has 0 aromatic heterocycles. The number of fused-ring (bicyclic) bond motifs is 1. The lowest BCUT2D eigenvalue weighted by molar-refractivity contribution is -0.195. The van der Waals surface area contributed by atoms with Gasteiger partial charge in [-0.25, -0.2) is 4.79 Å². The van der Waals surface area contributed by atoms with E-state index in [-0.39, 0.29) is 31.0 Å². The molecule has 3 rings (SSSR count). The van der Waals surface area contributed by atoms with Crippen molar-refractivity contribution >= 4 is 11.9 Å². The van der Waals surface area contributed by atoms with Gasteiger partial charge in [0.05, 0.1) is 25.2 Å². The molecule has 0 bridgehead atoms. The van der Waals surface area contributed by atoms with E-state index in [0.29, 0.717) is 13.2 Å². The van der Waals surface area contributed by atoms with Crippen LogP contribution in [0.1, 0.15) is 50.8 Å². The molecule has 0 radical (unpaired) electrons. The maximum absolute atomic E-state index is 12.7. The first-order valence-corrected chi connectivity index (χ1v) is 9.17. The Balaban J connectivity index is 1.72. The quantitative estimate of drug-likeness (QED) is 0.813. The van der Waals surface area contributed by atoms with E-state index in [1.165, 1.54) is 5.56 Å². The predicted molar refractivity (Wildman–Crippen MR) is 95.8 cm³/mol. The van der Waals surface area contributed by atoms with Crippen molar-refractivity contribution in [2.75, 3.05) is 13.2 Å². The van der Waals surface area contributed by atoms with Crippen molar-refractivity contribution in [3.05, 3.63) is 35.4 Å². The Morgan fingerprint density at radius 1 is 1.35 bits per heavy atom. The third-order valence-electron chi connectivity index (χ3n) is 5.95.